The molecule has 0 aromatic heterocycles. The van der Waals surface area contributed by atoms with Gasteiger partial charge in [0.05, 0.1) is 34.8 Å². The Labute approximate surface area is 145 Å². The Bertz CT molecular complexity index is 693. The Morgan fingerprint density at radius 2 is 1.74 bits per heavy atom. The second-order valence-corrected chi connectivity index (χ2v) is 6.82. The molecular formula is C16H14BrF3N2S. The van der Waals surface area contributed by atoms with E-state index in [9.17, 15) is 13.2 Å². The second-order valence-electron chi connectivity index (χ2n) is 5.06. The zero-order valence-corrected chi connectivity index (χ0v) is 14.5. The number of fused-ring (bicyclic) bond motifs is 1. The van der Waals surface area contributed by atoms with Crippen molar-refractivity contribution in [2.45, 2.75) is 12.6 Å². The number of anilines is 3. The van der Waals surface area contributed by atoms with Crippen LogP contribution in [-0.4, -0.2) is 11.9 Å². The van der Waals surface area contributed by atoms with Crippen LogP contribution in [0.25, 0.3) is 0 Å². The summed E-state index contributed by atoms with van der Waals surface area (Å²) >= 11 is 4.84. The number of para-hydroxylation sites is 2. The summed E-state index contributed by atoms with van der Waals surface area (Å²) in [6.45, 7) is 0.822. The maximum Gasteiger partial charge on any atom is 0.416 e. The lowest BCUT2D eigenvalue weighted by atomic mass is 10.2. The van der Waals surface area contributed by atoms with E-state index in [-0.39, 0.29) is 0 Å². The highest BCUT2D eigenvalue weighted by Crippen LogP contribution is 2.49. The summed E-state index contributed by atoms with van der Waals surface area (Å²) in [6, 6.07) is 13.2. The molecule has 0 spiro atoms. The summed E-state index contributed by atoms with van der Waals surface area (Å²) in [4.78, 5) is 0. The third kappa shape index (κ3) is 3.45. The third-order valence-electron chi connectivity index (χ3n) is 3.45. The quantitative estimate of drug-likeness (QED) is 0.456. The van der Waals surface area contributed by atoms with Crippen LogP contribution in [0.4, 0.5) is 30.2 Å². The minimum absolute atomic E-state index is 0.526. The van der Waals surface area contributed by atoms with Gasteiger partial charge in [0.2, 0.25) is 0 Å². The van der Waals surface area contributed by atoms with Crippen LogP contribution in [0.1, 0.15) is 12.0 Å². The first-order chi connectivity index (χ1) is 11.0. The fourth-order valence-corrected chi connectivity index (χ4v) is 3.74. The standard InChI is InChI=1S/C16H14BrF3N2S/c17-9-4-10-21-14-7-1-2-8-15(14)22(23-21)13-6-3-5-12(11-13)16(18,19)20/h1-3,5-8,11H,4,9-10H2. The highest BCUT2D eigenvalue weighted by molar-refractivity contribution is 9.09. The maximum absolute atomic E-state index is 13.0. The van der Waals surface area contributed by atoms with Gasteiger partial charge in [-0.2, -0.15) is 13.2 Å². The van der Waals surface area contributed by atoms with Gasteiger partial charge in [0, 0.05) is 11.9 Å². The largest absolute Gasteiger partial charge is 0.416 e. The molecule has 3 rings (SSSR count). The maximum atomic E-state index is 13.0. The summed E-state index contributed by atoms with van der Waals surface area (Å²) in [7, 11) is 0. The molecule has 2 aromatic carbocycles. The number of benzene rings is 2. The van der Waals surface area contributed by atoms with Crippen LogP contribution in [0.2, 0.25) is 0 Å². The van der Waals surface area contributed by atoms with Crippen molar-refractivity contribution in [2.24, 2.45) is 0 Å². The van der Waals surface area contributed by atoms with Gasteiger partial charge < -0.3 is 0 Å². The Hall–Kier alpha value is -1.34. The van der Waals surface area contributed by atoms with E-state index in [1.165, 1.54) is 24.3 Å². The van der Waals surface area contributed by atoms with E-state index < -0.39 is 11.7 Å². The zero-order valence-electron chi connectivity index (χ0n) is 12.1. The lowest BCUT2D eigenvalue weighted by Gasteiger charge is -2.20. The van der Waals surface area contributed by atoms with Crippen LogP contribution in [-0.2, 0) is 6.18 Å². The number of hydrogen-bond acceptors (Lipinski definition) is 3. The molecule has 0 N–H and O–H groups in total. The first kappa shape index (κ1) is 16.5. The molecular weight excluding hydrogens is 389 g/mol. The highest BCUT2D eigenvalue weighted by Gasteiger charge is 2.33. The average Bonchev–Trinajstić information content (AvgIpc) is 2.91. The molecule has 2 aromatic rings. The Morgan fingerprint density at radius 3 is 2.43 bits per heavy atom. The minimum atomic E-state index is -4.34. The predicted molar refractivity (Wildman–Crippen MR) is 93.4 cm³/mol. The van der Waals surface area contributed by atoms with Crippen molar-refractivity contribution in [2.75, 3.05) is 20.5 Å². The molecule has 0 saturated carbocycles. The van der Waals surface area contributed by atoms with Gasteiger partial charge in [0.1, 0.15) is 0 Å². The van der Waals surface area contributed by atoms with E-state index in [0.717, 1.165) is 35.7 Å². The van der Waals surface area contributed by atoms with E-state index in [1.54, 1.807) is 6.07 Å². The van der Waals surface area contributed by atoms with Crippen LogP contribution < -0.4 is 8.61 Å². The Balaban J connectivity index is 1.95. The van der Waals surface area contributed by atoms with Gasteiger partial charge in [-0.15, -0.1) is 0 Å². The predicted octanol–water partition coefficient (Wildman–Crippen LogP) is 6.01. The molecule has 0 fully saturated rings. The van der Waals surface area contributed by atoms with Crippen LogP contribution in [0.3, 0.4) is 0 Å². The van der Waals surface area contributed by atoms with Gasteiger partial charge in [-0.1, -0.05) is 34.1 Å². The van der Waals surface area contributed by atoms with E-state index in [1.807, 2.05) is 28.6 Å². The van der Waals surface area contributed by atoms with Gasteiger partial charge in [0.25, 0.3) is 0 Å². The number of alkyl halides is 4. The summed E-state index contributed by atoms with van der Waals surface area (Å²) in [5, 5.41) is 0.885. The number of halogens is 4. The number of hydrogen-bond donors (Lipinski definition) is 0. The molecule has 1 aliphatic rings. The molecule has 0 unspecified atom stereocenters. The first-order valence-electron chi connectivity index (χ1n) is 7.09. The average molecular weight is 403 g/mol. The van der Waals surface area contributed by atoms with Crippen LogP contribution in [0, 0.1) is 0 Å². The van der Waals surface area contributed by atoms with Crippen LogP contribution in [0.5, 0.6) is 0 Å². The minimum Gasteiger partial charge on any atom is -0.296 e. The smallest absolute Gasteiger partial charge is 0.296 e. The number of rotatable bonds is 4. The fraction of sp³-hybridized carbons (Fsp3) is 0.250. The van der Waals surface area contributed by atoms with Crippen molar-refractivity contribution in [3.8, 4) is 0 Å². The van der Waals surface area contributed by atoms with Crippen molar-refractivity contribution in [1.82, 2.24) is 0 Å². The van der Waals surface area contributed by atoms with E-state index in [2.05, 4.69) is 20.2 Å². The van der Waals surface area contributed by atoms with Gasteiger partial charge in [0.15, 0.2) is 0 Å². The van der Waals surface area contributed by atoms with Crippen molar-refractivity contribution in [3.05, 3.63) is 54.1 Å². The molecule has 0 radical (unpaired) electrons. The normalized spacial score (nSPS) is 14.3. The molecule has 7 heteroatoms. The monoisotopic (exact) mass is 402 g/mol. The lowest BCUT2D eigenvalue weighted by Crippen LogP contribution is -2.15. The zero-order chi connectivity index (χ0) is 16.4. The van der Waals surface area contributed by atoms with Gasteiger partial charge in [-0.05, 0) is 36.8 Å². The molecule has 2 nitrogen and oxygen atoms in total. The van der Waals surface area contributed by atoms with Crippen molar-refractivity contribution in [1.29, 1.82) is 0 Å². The summed E-state index contributed by atoms with van der Waals surface area (Å²) in [6.07, 6.45) is -3.38. The Kier molecular flexibility index (Phi) is 4.77. The van der Waals surface area contributed by atoms with E-state index in [0.29, 0.717) is 5.69 Å². The molecule has 0 bridgehead atoms. The van der Waals surface area contributed by atoms with Gasteiger partial charge in [-0.3, -0.25) is 8.61 Å². The van der Waals surface area contributed by atoms with Gasteiger partial charge >= 0.3 is 6.18 Å². The Morgan fingerprint density at radius 1 is 1.00 bits per heavy atom. The molecule has 1 aliphatic heterocycles. The van der Waals surface area contributed by atoms with Crippen molar-refractivity contribution < 1.29 is 13.2 Å². The van der Waals surface area contributed by atoms with E-state index in [4.69, 9.17) is 0 Å². The summed E-state index contributed by atoms with van der Waals surface area (Å²) in [5.41, 5.74) is 1.83. The highest BCUT2D eigenvalue weighted by atomic mass is 79.9. The number of nitrogens with zero attached hydrogens (tertiary/aromatic N) is 2. The van der Waals surface area contributed by atoms with Crippen molar-refractivity contribution >= 4 is 45.1 Å². The molecule has 0 amide bonds. The molecule has 0 saturated heterocycles. The topological polar surface area (TPSA) is 6.48 Å². The van der Waals surface area contributed by atoms with Crippen LogP contribution >= 0.6 is 28.1 Å². The van der Waals surface area contributed by atoms with Crippen molar-refractivity contribution in [3.63, 3.8) is 0 Å². The van der Waals surface area contributed by atoms with Gasteiger partial charge in [-0.25, -0.2) is 0 Å². The SMILES string of the molecule is FC(F)(F)c1cccc(N2SN(CCCBr)c3ccccc32)c1. The molecule has 0 atom stereocenters. The first-order valence-corrected chi connectivity index (χ1v) is 8.94. The summed E-state index contributed by atoms with van der Waals surface area (Å²) in [5.74, 6) is 0. The van der Waals surface area contributed by atoms with Crippen LogP contribution in [0.15, 0.2) is 48.5 Å². The third-order valence-corrected chi connectivity index (χ3v) is 5.16. The lowest BCUT2D eigenvalue weighted by molar-refractivity contribution is -0.137. The second kappa shape index (κ2) is 6.65. The molecule has 122 valence electrons. The van der Waals surface area contributed by atoms with E-state index >= 15 is 0 Å². The molecule has 0 aliphatic carbocycles. The fourth-order valence-electron chi connectivity index (χ4n) is 2.39. The molecule has 23 heavy (non-hydrogen) atoms. The molecule has 1 heterocycles. The summed E-state index contributed by atoms with van der Waals surface area (Å²) < 4.78 is 42.8.